The molecule has 1 atom stereocenters. The summed E-state index contributed by atoms with van der Waals surface area (Å²) in [5.74, 6) is -0.285. The van der Waals surface area contributed by atoms with Crippen molar-refractivity contribution in [3.8, 4) is 5.75 Å². The molecule has 0 aromatic heterocycles. The number of imide groups is 1. The smallest absolute Gasteiger partial charge is 0.322 e. The van der Waals surface area contributed by atoms with Crippen LogP contribution in [-0.4, -0.2) is 36.9 Å². The predicted molar refractivity (Wildman–Crippen MR) is 113 cm³/mol. The van der Waals surface area contributed by atoms with Gasteiger partial charge in [-0.2, -0.15) is 0 Å². The molecule has 9 heteroatoms. The van der Waals surface area contributed by atoms with E-state index in [1.807, 2.05) is 24.3 Å². The number of amides is 5. The molecule has 2 heterocycles. The molecule has 0 bridgehead atoms. The van der Waals surface area contributed by atoms with Gasteiger partial charge in [0.15, 0.2) is 0 Å². The third-order valence-electron chi connectivity index (χ3n) is 5.36. The third-order valence-corrected chi connectivity index (χ3v) is 5.36. The van der Waals surface area contributed by atoms with E-state index in [0.717, 1.165) is 0 Å². The number of nitrogens with one attached hydrogen (secondary N) is 3. The first-order chi connectivity index (χ1) is 14.9. The summed E-state index contributed by atoms with van der Waals surface area (Å²) in [6.07, 6.45) is 0.0626. The van der Waals surface area contributed by atoms with Crippen molar-refractivity contribution >= 4 is 35.1 Å². The van der Waals surface area contributed by atoms with Gasteiger partial charge in [0, 0.05) is 18.5 Å². The van der Waals surface area contributed by atoms with E-state index in [9.17, 15) is 19.2 Å². The van der Waals surface area contributed by atoms with Gasteiger partial charge >= 0.3 is 6.03 Å². The number of ether oxygens (including phenoxy) is 1. The molecule has 0 spiro atoms. The average Bonchev–Trinajstić information content (AvgIpc) is 3.04. The molecule has 160 valence electrons. The Bertz CT molecular complexity index is 1070. The van der Waals surface area contributed by atoms with Gasteiger partial charge in [-0.3, -0.25) is 19.7 Å². The molecule has 31 heavy (non-hydrogen) atoms. The molecule has 1 unspecified atom stereocenters. The monoisotopic (exact) mass is 422 g/mol. The Hall–Kier alpha value is -3.88. The molecular formula is C22H22N4O5. The summed E-state index contributed by atoms with van der Waals surface area (Å²) in [5.41, 5.74) is 0.505. The van der Waals surface area contributed by atoms with Crippen LogP contribution in [0.3, 0.4) is 0 Å². The molecule has 1 fully saturated rings. The van der Waals surface area contributed by atoms with E-state index < -0.39 is 17.5 Å². The van der Waals surface area contributed by atoms with Crippen LogP contribution in [0, 0.1) is 0 Å². The number of hydrogen-bond donors (Lipinski definition) is 3. The normalized spacial score (nSPS) is 19.7. The minimum atomic E-state index is -1.21. The van der Waals surface area contributed by atoms with Crippen molar-refractivity contribution in [1.29, 1.82) is 0 Å². The van der Waals surface area contributed by atoms with Gasteiger partial charge < -0.3 is 20.3 Å². The van der Waals surface area contributed by atoms with Crippen LogP contribution >= 0.6 is 0 Å². The van der Waals surface area contributed by atoms with Crippen molar-refractivity contribution in [3.05, 3.63) is 54.1 Å². The number of carbonyl (C=O) groups is 4. The summed E-state index contributed by atoms with van der Waals surface area (Å²) in [6.45, 7) is 2.43. The van der Waals surface area contributed by atoms with Crippen LogP contribution in [0.5, 0.6) is 5.75 Å². The number of urea groups is 1. The fourth-order valence-corrected chi connectivity index (χ4v) is 3.66. The van der Waals surface area contributed by atoms with Crippen LogP contribution in [-0.2, 0) is 19.9 Å². The van der Waals surface area contributed by atoms with E-state index in [1.165, 1.54) is 0 Å². The lowest BCUT2D eigenvalue weighted by Gasteiger charge is -2.29. The van der Waals surface area contributed by atoms with Crippen LogP contribution in [0.25, 0.3) is 0 Å². The SMILES string of the molecule is CC1(c2cccc(NC(=O)CCC(=O)N3CCOc4ccccc43)c2)NC(=O)NC1=O. The zero-order chi connectivity index (χ0) is 22.0. The molecule has 5 amide bonds. The Morgan fingerprint density at radius 3 is 2.71 bits per heavy atom. The highest BCUT2D eigenvalue weighted by Gasteiger charge is 2.43. The van der Waals surface area contributed by atoms with E-state index in [1.54, 1.807) is 36.1 Å². The summed E-state index contributed by atoms with van der Waals surface area (Å²) in [5, 5.41) is 7.55. The Morgan fingerprint density at radius 1 is 1.13 bits per heavy atom. The molecule has 1 saturated heterocycles. The van der Waals surface area contributed by atoms with E-state index in [-0.39, 0.29) is 24.7 Å². The minimum absolute atomic E-state index is 0.0110. The Labute approximate surface area is 178 Å². The van der Waals surface area contributed by atoms with Gasteiger partial charge in [-0.25, -0.2) is 4.79 Å². The summed E-state index contributed by atoms with van der Waals surface area (Å²) in [6, 6.07) is 13.4. The number of carbonyl (C=O) groups excluding carboxylic acids is 4. The lowest BCUT2D eigenvalue weighted by atomic mass is 9.92. The first-order valence-electron chi connectivity index (χ1n) is 9.93. The molecule has 2 aliphatic heterocycles. The van der Waals surface area contributed by atoms with Gasteiger partial charge in [-0.05, 0) is 36.8 Å². The number of rotatable bonds is 5. The largest absolute Gasteiger partial charge is 0.490 e. The summed E-state index contributed by atoms with van der Waals surface area (Å²) >= 11 is 0. The lowest BCUT2D eigenvalue weighted by Crippen LogP contribution is -2.40. The molecule has 4 rings (SSSR count). The Morgan fingerprint density at radius 2 is 1.94 bits per heavy atom. The first-order valence-corrected chi connectivity index (χ1v) is 9.93. The Kier molecular flexibility index (Phi) is 5.33. The molecule has 2 aromatic rings. The van der Waals surface area contributed by atoms with Gasteiger partial charge in [0.2, 0.25) is 11.8 Å². The third kappa shape index (κ3) is 4.07. The van der Waals surface area contributed by atoms with Crippen LogP contribution in [0.4, 0.5) is 16.2 Å². The molecule has 0 saturated carbocycles. The maximum Gasteiger partial charge on any atom is 0.322 e. The number of para-hydroxylation sites is 2. The van der Waals surface area contributed by atoms with E-state index in [0.29, 0.717) is 35.8 Å². The van der Waals surface area contributed by atoms with E-state index in [2.05, 4.69) is 16.0 Å². The number of nitrogens with zero attached hydrogens (tertiary/aromatic N) is 1. The minimum Gasteiger partial charge on any atom is -0.490 e. The van der Waals surface area contributed by atoms with Crippen molar-refractivity contribution in [2.24, 2.45) is 0 Å². The first kappa shape index (κ1) is 20.4. The highest BCUT2D eigenvalue weighted by molar-refractivity contribution is 6.07. The second kappa shape index (κ2) is 8.10. The fraction of sp³-hybridized carbons (Fsp3) is 0.273. The quantitative estimate of drug-likeness (QED) is 0.636. The van der Waals surface area contributed by atoms with Crippen molar-refractivity contribution in [3.63, 3.8) is 0 Å². The molecule has 9 nitrogen and oxygen atoms in total. The number of anilines is 2. The van der Waals surface area contributed by atoms with Crippen LogP contribution in [0.15, 0.2) is 48.5 Å². The fourth-order valence-electron chi connectivity index (χ4n) is 3.66. The van der Waals surface area contributed by atoms with E-state index in [4.69, 9.17) is 4.74 Å². The summed E-state index contributed by atoms with van der Waals surface area (Å²) in [4.78, 5) is 50.3. The van der Waals surface area contributed by atoms with E-state index >= 15 is 0 Å². The van der Waals surface area contributed by atoms with Gasteiger partial charge in [0.05, 0.1) is 12.2 Å². The number of benzene rings is 2. The van der Waals surface area contributed by atoms with Crippen LogP contribution in [0.1, 0.15) is 25.3 Å². The Balaban J connectivity index is 1.37. The average molecular weight is 422 g/mol. The van der Waals surface area contributed by atoms with Gasteiger partial charge in [-0.15, -0.1) is 0 Å². The lowest BCUT2D eigenvalue weighted by molar-refractivity contribution is -0.123. The van der Waals surface area contributed by atoms with Crippen molar-refractivity contribution < 1.29 is 23.9 Å². The molecular weight excluding hydrogens is 400 g/mol. The molecule has 2 aliphatic rings. The van der Waals surface area contributed by atoms with Crippen molar-refractivity contribution in [1.82, 2.24) is 10.6 Å². The topological polar surface area (TPSA) is 117 Å². The molecule has 2 aromatic carbocycles. The van der Waals surface area contributed by atoms with Crippen molar-refractivity contribution in [2.45, 2.75) is 25.3 Å². The second-order valence-corrected chi connectivity index (χ2v) is 7.52. The van der Waals surface area contributed by atoms with Gasteiger partial charge in [-0.1, -0.05) is 24.3 Å². The summed E-state index contributed by atoms with van der Waals surface area (Å²) < 4.78 is 5.56. The number of fused-ring (bicyclic) bond motifs is 1. The highest BCUT2D eigenvalue weighted by Crippen LogP contribution is 2.31. The molecule has 0 aliphatic carbocycles. The van der Waals surface area contributed by atoms with Crippen molar-refractivity contribution in [2.75, 3.05) is 23.4 Å². The highest BCUT2D eigenvalue weighted by atomic mass is 16.5. The predicted octanol–water partition coefficient (Wildman–Crippen LogP) is 1.89. The zero-order valence-corrected chi connectivity index (χ0v) is 16.9. The van der Waals surface area contributed by atoms with Crippen LogP contribution in [0.2, 0.25) is 0 Å². The van der Waals surface area contributed by atoms with Crippen LogP contribution < -0.4 is 25.6 Å². The zero-order valence-electron chi connectivity index (χ0n) is 16.9. The maximum absolute atomic E-state index is 12.7. The van der Waals surface area contributed by atoms with Gasteiger partial charge in [0.25, 0.3) is 5.91 Å². The number of hydrogen-bond acceptors (Lipinski definition) is 5. The second-order valence-electron chi connectivity index (χ2n) is 7.52. The van der Waals surface area contributed by atoms with Gasteiger partial charge in [0.1, 0.15) is 17.9 Å². The molecule has 3 N–H and O–H groups in total. The standard InChI is InChI=1S/C22H22N4O5/c1-22(20(29)24-21(30)25-22)14-5-4-6-15(13-14)23-18(27)9-10-19(28)26-11-12-31-17-8-3-2-7-16(17)26/h2-8,13H,9-12H2,1H3,(H,23,27)(H2,24,25,29,30). The summed E-state index contributed by atoms with van der Waals surface area (Å²) in [7, 11) is 0. The molecule has 0 radical (unpaired) electrons. The maximum atomic E-state index is 12.7.